The van der Waals surface area contributed by atoms with Crippen molar-refractivity contribution in [3.8, 4) is 0 Å². The van der Waals surface area contributed by atoms with Gasteiger partial charge in [-0.3, -0.25) is 9.59 Å². The molecule has 0 aliphatic carbocycles. The number of aromatic nitrogens is 1. The van der Waals surface area contributed by atoms with E-state index in [1.165, 1.54) is 11.8 Å². The number of nitrogens with one attached hydrogen (secondary N) is 3. The third-order valence-corrected chi connectivity index (χ3v) is 10.5. The number of hydrogen-bond acceptors (Lipinski definition) is 8. The number of aromatic amines is 1. The molecule has 0 spiro atoms. The fraction of sp³-hybridized carbons (Fsp3) is 0.213. The smallest absolute Gasteiger partial charge is 0.408 e. The molecule has 3 N–H and O–H groups in total. The van der Waals surface area contributed by atoms with Crippen LogP contribution in [0.3, 0.4) is 0 Å². The van der Waals surface area contributed by atoms with Crippen molar-refractivity contribution in [2.75, 3.05) is 23.0 Å². The second-order valence-electron chi connectivity index (χ2n) is 14.9. The summed E-state index contributed by atoms with van der Waals surface area (Å²) in [4.78, 5) is 65.0. The van der Waals surface area contributed by atoms with E-state index in [4.69, 9.17) is 14.5 Å². The molecule has 5 aromatic carbocycles. The van der Waals surface area contributed by atoms with E-state index >= 15 is 0 Å². The van der Waals surface area contributed by atoms with E-state index in [0.29, 0.717) is 22.8 Å². The molecule has 11 nitrogen and oxygen atoms in total. The first-order valence-electron chi connectivity index (χ1n) is 19.3. The maximum absolute atomic E-state index is 14.6. The van der Waals surface area contributed by atoms with Crippen LogP contribution in [0.2, 0.25) is 0 Å². The summed E-state index contributed by atoms with van der Waals surface area (Å²) in [5.74, 6) is -1.08. The normalized spacial score (nSPS) is 14.5. The van der Waals surface area contributed by atoms with Crippen LogP contribution in [0.5, 0.6) is 0 Å². The Morgan fingerprint density at radius 2 is 1.42 bits per heavy atom. The largest absolute Gasteiger partial charge is 0.451 e. The highest BCUT2D eigenvalue weighted by Gasteiger charge is 2.34. The molecule has 3 amide bonds. The van der Waals surface area contributed by atoms with Gasteiger partial charge in [0.25, 0.3) is 11.8 Å². The first kappa shape index (κ1) is 40.5. The predicted octanol–water partition coefficient (Wildman–Crippen LogP) is 8.07. The maximum atomic E-state index is 14.6. The molecule has 0 fully saturated rings. The Hall–Kier alpha value is -6.66. The minimum atomic E-state index is -1.26. The number of anilines is 1. The number of alkyl carbamates (subject to hydrolysis) is 1. The fourth-order valence-corrected chi connectivity index (χ4v) is 7.67. The number of carbonyl (C=O) groups excluding carboxylic acids is 4. The SMILES string of the molecule is CC(C)(C)OC(=O)N[C@@H](CSCCN1C(=O)[C@H](NC(=O)c2cc3ccccc3[nH]2)N=C(c2ccccc2)c2ccccc21)C(=O)OC(c1ccccc1)c1ccccc1. The number of amides is 3. The van der Waals surface area contributed by atoms with E-state index in [-0.39, 0.29) is 12.3 Å². The van der Waals surface area contributed by atoms with Crippen LogP contribution < -0.4 is 15.5 Å². The lowest BCUT2D eigenvalue weighted by atomic mass is 10.0. The Bertz CT molecular complexity index is 2380. The number of benzene rings is 5. The van der Waals surface area contributed by atoms with E-state index in [9.17, 15) is 19.2 Å². The van der Waals surface area contributed by atoms with Gasteiger partial charge in [0.1, 0.15) is 17.3 Å². The molecule has 7 rings (SSSR count). The zero-order chi connectivity index (χ0) is 41.4. The third-order valence-electron chi connectivity index (χ3n) is 9.46. The first-order chi connectivity index (χ1) is 28.5. The summed E-state index contributed by atoms with van der Waals surface area (Å²) >= 11 is 1.36. The molecule has 1 aliphatic heterocycles. The number of ether oxygens (including phenoxy) is 2. The molecule has 59 heavy (non-hydrogen) atoms. The third kappa shape index (κ3) is 10.1. The minimum Gasteiger partial charge on any atom is -0.451 e. The number of esters is 1. The summed E-state index contributed by atoms with van der Waals surface area (Å²) < 4.78 is 11.7. The lowest BCUT2D eigenvalue weighted by Crippen LogP contribution is -2.48. The van der Waals surface area contributed by atoms with Crippen LogP contribution in [0.4, 0.5) is 10.5 Å². The average Bonchev–Trinajstić information content (AvgIpc) is 3.64. The fourth-order valence-electron chi connectivity index (χ4n) is 6.74. The highest BCUT2D eigenvalue weighted by Crippen LogP contribution is 2.30. The number of thioether (sulfide) groups is 1. The molecule has 0 saturated heterocycles. The Morgan fingerprint density at radius 1 is 0.814 bits per heavy atom. The molecule has 0 radical (unpaired) electrons. The highest BCUT2D eigenvalue weighted by molar-refractivity contribution is 7.99. The van der Waals surface area contributed by atoms with Gasteiger partial charge in [0.05, 0.1) is 11.4 Å². The van der Waals surface area contributed by atoms with Crippen LogP contribution in [-0.4, -0.2) is 70.4 Å². The highest BCUT2D eigenvalue weighted by atomic mass is 32.2. The molecule has 1 aromatic heterocycles. The zero-order valence-electron chi connectivity index (χ0n) is 33.0. The molecule has 300 valence electrons. The van der Waals surface area contributed by atoms with Gasteiger partial charge in [-0.25, -0.2) is 14.6 Å². The quantitative estimate of drug-likeness (QED) is 0.0792. The van der Waals surface area contributed by atoms with E-state index in [2.05, 4.69) is 15.6 Å². The number of benzodiazepines with no additional fused rings is 1. The molecular formula is C47H45N5O6S. The number of fused-ring (bicyclic) bond motifs is 2. The van der Waals surface area contributed by atoms with Gasteiger partial charge in [-0.2, -0.15) is 11.8 Å². The number of hydrogen-bond donors (Lipinski definition) is 3. The van der Waals surface area contributed by atoms with Crippen LogP contribution in [0.1, 0.15) is 59.6 Å². The number of aliphatic imine (C=N–C) groups is 1. The van der Waals surface area contributed by atoms with Gasteiger partial charge in [0.2, 0.25) is 6.17 Å². The molecule has 0 bridgehead atoms. The minimum absolute atomic E-state index is 0.115. The van der Waals surface area contributed by atoms with Crippen LogP contribution >= 0.6 is 11.8 Å². The van der Waals surface area contributed by atoms with Crippen molar-refractivity contribution in [2.24, 2.45) is 4.99 Å². The summed E-state index contributed by atoms with van der Waals surface area (Å²) in [6.07, 6.45) is -2.74. The standard InChI is InChI=1S/C47H45N5O6S/c1-47(2,3)58-46(56)49-38(45(55)57-41(32-19-9-5-10-20-32)33-21-11-6-12-22-33)30-59-28-27-52-39-26-16-14-24-35(39)40(31-17-7-4-8-18-31)50-42(44(52)54)51-43(53)37-29-34-23-13-15-25-36(34)48-37/h4-26,29,38,41-42,48H,27-28,30H2,1-3H3,(H,49,56)(H,51,53)/t38-,42-/m0/s1. The number of nitrogens with zero attached hydrogens (tertiary/aromatic N) is 2. The van der Waals surface area contributed by atoms with Gasteiger partial charge in [-0.15, -0.1) is 0 Å². The molecule has 6 aromatic rings. The number of carbonyl (C=O) groups is 4. The zero-order valence-corrected chi connectivity index (χ0v) is 33.8. The van der Waals surface area contributed by atoms with Crippen molar-refractivity contribution in [2.45, 2.75) is 44.7 Å². The van der Waals surface area contributed by atoms with E-state index in [0.717, 1.165) is 33.2 Å². The lowest BCUT2D eigenvalue weighted by molar-refractivity contribution is -0.149. The van der Waals surface area contributed by atoms with Gasteiger partial charge in [0.15, 0.2) is 6.10 Å². The summed E-state index contributed by atoms with van der Waals surface area (Å²) in [6, 6.07) is 44.0. The van der Waals surface area contributed by atoms with Crippen molar-refractivity contribution in [1.82, 2.24) is 15.6 Å². The molecule has 0 unspecified atom stereocenters. The van der Waals surface area contributed by atoms with E-state index in [1.54, 1.807) is 31.7 Å². The average molecular weight is 808 g/mol. The van der Waals surface area contributed by atoms with Gasteiger partial charge in [-0.1, -0.05) is 127 Å². The van der Waals surface area contributed by atoms with Crippen LogP contribution in [0.25, 0.3) is 10.9 Å². The Kier molecular flexibility index (Phi) is 12.6. The van der Waals surface area contributed by atoms with Crippen molar-refractivity contribution < 1.29 is 28.7 Å². The van der Waals surface area contributed by atoms with Crippen molar-refractivity contribution >= 4 is 57.9 Å². The second-order valence-corrected chi connectivity index (χ2v) is 16.1. The second kappa shape index (κ2) is 18.3. The van der Waals surface area contributed by atoms with Crippen LogP contribution in [0.15, 0.2) is 151 Å². The number of para-hydroxylation sites is 2. The Labute approximate surface area is 347 Å². The summed E-state index contributed by atoms with van der Waals surface area (Å²) in [7, 11) is 0. The molecule has 1 aliphatic rings. The maximum Gasteiger partial charge on any atom is 0.408 e. The number of H-pyrrole nitrogens is 1. The Morgan fingerprint density at radius 3 is 2.08 bits per heavy atom. The molecule has 2 atom stereocenters. The van der Waals surface area contributed by atoms with Gasteiger partial charge < -0.3 is 30.0 Å². The monoisotopic (exact) mass is 807 g/mol. The van der Waals surface area contributed by atoms with Crippen molar-refractivity contribution in [1.29, 1.82) is 0 Å². The van der Waals surface area contributed by atoms with Gasteiger partial charge >= 0.3 is 12.1 Å². The van der Waals surface area contributed by atoms with E-state index < -0.39 is 47.8 Å². The topological polar surface area (TPSA) is 142 Å². The summed E-state index contributed by atoms with van der Waals surface area (Å²) in [5.41, 5.74) is 4.54. The lowest BCUT2D eigenvalue weighted by Gasteiger charge is -2.27. The van der Waals surface area contributed by atoms with Gasteiger partial charge in [0, 0.05) is 40.1 Å². The first-order valence-corrected chi connectivity index (χ1v) is 20.5. The van der Waals surface area contributed by atoms with Crippen molar-refractivity contribution in [3.05, 3.63) is 174 Å². The molecule has 0 saturated carbocycles. The van der Waals surface area contributed by atoms with Crippen LogP contribution in [0, 0.1) is 0 Å². The Balaban J connectivity index is 1.12. The molecule has 2 heterocycles. The molecule has 12 heteroatoms. The van der Waals surface area contributed by atoms with Gasteiger partial charge in [-0.05, 0) is 50.1 Å². The van der Waals surface area contributed by atoms with Crippen LogP contribution in [-0.2, 0) is 19.1 Å². The summed E-state index contributed by atoms with van der Waals surface area (Å²) in [6.45, 7) is 5.43. The van der Waals surface area contributed by atoms with Crippen molar-refractivity contribution in [3.63, 3.8) is 0 Å². The summed E-state index contributed by atoms with van der Waals surface area (Å²) in [5, 5.41) is 6.47. The predicted molar refractivity (Wildman–Crippen MR) is 232 cm³/mol. The van der Waals surface area contributed by atoms with E-state index in [1.807, 2.05) is 140 Å². The molecular weight excluding hydrogens is 763 g/mol. The number of rotatable bonds is 13.